The Morgan fingerprint density at radius 1 is 1.20 bits per heavy atom. The molecular formula is C21H22BrNO2. The number of halogens is 1. The van der Waals surface area contributed by atoms with Crippen LogP contribution in [0.15, 0.2) is 57.6 Å². The zero-order chi connectivity index (χ0) is 17.2. The smallest absolute Gasteiger partial charge is 0.138 e. The molecule has 0 N–H and O–H groups in total. The molecule has 130 valence electrons. The molecule has 1 aliphatic heterocycles. The van der Waals surface area contributed by atoms with Crippen molar-refractivity contribution in [2.45, 2.75) is 25.8 Å². The predicted molar refractivity (Wildman–Crippen MR) is 105 cm³/mol. The lowest BCUT2D eigenvalue weighted by Gasteiger charge is -2.22. The molecule has 1 atom stereocenters. The molecule has 0 aliphatic carbocycles. The average molecular weight is 400 g/mol. The first kappa shape index (κ1) is 16.7. The van der Waals surface area contributed by atoms with E-state index in [4.69, 9.17) is 9.15 Å². The SMILES string of the molecule is CCN1CCCC1COc1ccc2c(-c3ccc(Br)cc3)coc2c1. The number of furan rings is 1. The highest BCUT2D eigenvalue weighted by Crippen LogP contribution is 2.33. The molecule has 25 heavy (non-hydrogen) atoms. The Bertz CT molecular complexity index is 856. The highest BCUT2D eigenvalue weighted by atomic mass is 79.9. The summed E-state index contributed by atoms with van der Waals surface area (Å²) in [5.74, 6) is 0.882. The van der Waals surface area contributed by atoms with Gasteiger partial charge in [0.2, 0.25) is 0 Å². The maximum atomic E-state index is 6.05. The van der Waals surface area contributed by atoms with Gasteiger partial charge in [-0.1, -0.05) is 35.0 Å². The van der Waals surface area contributed by atoms with Crippen molar-refractivity contribution in [1.82, 2.24) is 4.90 Å². The lowest BCUT2D eigenvalue weighted by Crippen LogP contribution is -2.33. The van der Waals surface area contributed by atoms with Crippen molar-refractivity contribution in [3.8, 4) is 16.9 Å². The molecule has 0 bridgehead atoms. The Morgan fingerprint density at radius 3 is 2.84 bits per heavy atom. The number of nitrogens with zero attached hydrogens (tertiary/aromatic N) is 1. The van der Waals surface area contributed by atoms with E-state index >= 15 is 0 Å². The van der Waals surface area contributed by atoms with Gasteiger partial charge in [-0.05, 0) is 55.8 Å². The minimum absolute atomic E-state index is 0.538. The van der Waals surface area contributed by atoms with Crippen LogP contribution in [0.3, 0.4) is 0 Å². The molecule has 2 heterocycles. The zero-order valence-corrected chi connectivity index (χ0v) is 16.0. The van der Waals surface area contributed by atoms with Gasteiger partial charge in [0, 0.05) is 27.5 Å². The molecule has 1 aromatic heterocycles. The van der Waals surface area contributed by atoms with E-state index in [1.807, 2.05) is 30.5 Å². The second kappa shape index (κ2) is 7.22. The molecule has 1 aliphatic rings. The highest BCUT2D eigenvalue weighted by Gasteiger charge is 2.23. The first-order valence-electron chi connectivity index (χ1n) is 8.88. The number of benzene rings is 2. The van der Waals surface area contributed by atoms with Gasteiger partial charge < -0.3 is 9.15 Å². The van der Waals surface area contributed by atoms with Crippen LogP contribution >= 0.6 is 15.9 Å². The Morgan fingerprint density at radius 2 is 2.04 bits per heavy atom. The van der Waals surface area contributed by atoms with Crippen LogP contribution in [0.25, 0.3) is 22.1 Å². The minimum atomic E-state index is 0.538. The van der Waals surface area contributed by atoms with Crippen LogP contribution in [-0.2, 0) is 0 Å². The molecule has 3 nitrogen and oxygen atoms in total. The van der Waals surface area contributed by atoms with Gasteiger partial charge in [-0.15, -0.1) is 0 Å². The summed E-state index contributed by atoms with van der Waals surface area (Å²) in [4.78, 5) is 2.50. The molecule has 3 aromatic rings. The van der Waals surface area contributed by atoms with E-state index in [1.54, 1.807) is 0 Å². The molecule has 1 saturated heterocycles. The first-order chi connectivity index (χ1) is 12.2. The third-order valence-corrected chi connectivity index (χ3v) is 5.58. The molecule has 1 unspecified atom stereocenters. The topological polar surface area (TPSA) is 25.6 Å². The van der Waals surface area contributed by atoms with Crippen molar-refractivity contribution in [1.29, 1.82) is 0 Å². The highest BCUT2D eigenvalue weighted by molar-refractivity contribution is 9.10. The quantitative estimate of drug-likeness (QED) is 0.547. The van der Waals surface area contributed by atoms with Gasteiger partial charge in [0.15, 0.2) is 0 Å². The number of likely N-dealkylation sites (N-methyl/N-ethyl adjacent to an activating group) is 1. The van der Waals surface area contributed by atoms with E-state index in [1.165, 1.54) is 19.4 Å². The van der Waals surface area contributed by atoms with Crippen molar-refractivity contribution in [3.05, 3.63) is 53.2 Å². The molecule has 2 aromatic carbocycles. The monoisotopic (exact) mass is 399 g/mol. The number of ether oxygens (including phenoxy) is 1. The van der Waals surface area contributed by atoms with Crippen LogP contribution in [-0.4, -0.2) is 30.6 Å². The summed E-state index contributed by atoms with van der Waals surface area (Å²) in [6.07, 6.45) is 4.33. The fraction of sp³-hybridized carbons (Fsp3) is 0.333. The van der Waals surface area contributed by atoms with Crippen molar-refractivity contribution < 1.29 is 9.15 Å². The van der Waals surface area contributed by atoms with Gasteiger partial charge >= 0.3 is 0 Å². The summed E-state index contributed by atoms with van der Waals surface area (Å²) in [6, 6.07) is 15.0. The van der Waals surface area contributed by atoms with Crippen molar-refractivity contribution in [3.63, 3.8) is 0 Å². The Labute approximate surface area is 156 Å². The average Bonchev–Trinajstić information content (AvgIpc) is 3.26. The van der Waals surface area contributed by atoms with E-state index in [-0.39, 0.29) is 0 Å². The van der Waals surface area contributed by atoms with Gasteiger partial charge in [-0.3, -0.25) is 4.90 Å². The van der Waals surface area contributed by atoms with Gasteiger partial charge in [0.05, 0.1) is 6.26 Å². The molecule has 4 rings (SSSR count). The molecule has 0 radical (unpaired) electrons. The van der Waals surface area contributed by atoms with Crippen molar-refractivity contribution in [2.75, 3.05) is 19.7 Å². The van der Waals surface area contributed by atoms with E-state index in [2.05, 4.69) is 46.0 Å². The van der Waals surface area contributed by atoms with Crippen molar-refractivity contribution >= 4 is 26.9 Å². The van der Waals surface area contributed by atoms with E-state index in [0.29, 0.717) is 6.04 Å². The summed E-state index contributed by atoms with van der Waals surface area (Å²) < 4.78 is 12.9. The lowest BCUT2D eigenvalue weighted by atomic mass is 10.1. The summed E-state index contributed by atoms with van der Waals surface area (Å²) in [6.45, 7) is 5.26. The summed E-state index contributed by atoms with van der Waals surface area (Å²) in [5, 5.41) is 1.12. The number of likely N-dealkylation sites (tertiary alicyclic amines) is 1. The van der Waals surface area contributed by atoms with Crippen LogP contribution in [0.5, 0.6) is 5.75 Å². The standard InChI is InChI=1S/C21H22BrNO2/c1-2-23-11-3-4-17(23)13-24-18-9-10-19-20(14-25-21(19)12-18)15-5-7-16(22)8-6-15/h5-10,12,14,17H,2-4,11,13H2,1H3. The Balaban J connectivity index is 1.52. The number of fused-ring (bicyclic) bond motifs is 1. The van der Waals surface area contributed by atoms with E-state index in [9.17, 15) is 0 Å². The van der Waals surface area contributed by atoms with Crippen LogP contribution in [0.4, 0.5) is 0 Å². The summed E-state index contributed by atoms with van der Waals surface area (Å²) >= 11 is 3.48. The minimum Gasteiger partial charge on any atom is -0.492 e. The van der Waals surface area contributed by atoms with Gasteiger partial charge in [0.1, 0.15) is 17.9 Å². The Kier molecular flexibility index (Phi) is 4.82. The third kappa shape index (κ3) is 3.46. The molecule has 0 amide bonds. The first-order valence-corrected chi connectivity index (χ1v) is 9.68. The van der Waals surface area contributed by atoms with Crippen LogP contribution in [0.1, 0.15) is 19.8 Å². The normalized spacial score (nSPS) is 18.1. The fourth-order valence-corrected chi connectivity index (χ4v) is 3.91. The van der Waals surface area contributed by atoms with Gasteiger partial charge in [-0.2, -0.15) is 0 Å². The fourth-order valence-electron chi connectivity index (χ4n) is 3.64. The summed E-state index contributed by atoms with van der Waals surface area (Å²) in [7, 11) is 0. The largest absolute Gasteiger partial charge is 0.492 e. The van der Waals surface area contributed by atoms with Gasteiger partial charge in [0.25, 0.3) is 0 Å². The van der Waals surface area contributed by atoms with E-state index < -0.39 is 0 Å². The van der Waals surface area contributed by atoms with Crippen LogP contribution in [0, 0.1) is 0 Å². The number of hydrogen-bond donors (Lipinski definition) is 0. The maximum absolute atomic E-state index is 6.05. The molecular weight excluding hydrogens is 378 g/mol. The maximum Gasteiger partial charge on any atom is 0.138 e. The molecule has 0 saturated carbocycles. The van der Waals surface area contributed by atoms with Crippen LogP contribution < -0.4 is 4.74 Å². The predicted octanol–water partition coefficient (Wildman–Crippen LogP) is 5.73. The number of hydrogen-bond acceptors (Lipinski definition) is 3. The lowest BCUT2D eigenvalue weighted by molar-refractivity contribution is 0.179. The van der Waals surface area contributed by atoms with Crippen LogP contribution in [0.2, 0.25) is 0 Å². The second-order valence-electron chi connectivity index (χ2n) is 6.55. The van der Waals surface area contributed by atoms with E-state index in [0.717, 1.165) is 45.5 Å². The second-order valence-corrected chi connectivity index (χ2v) is 7.47. The molecule has 1 fully saturated rings. The zero-order valence-electron chi connectivity index (χ0n) is 14.4. The molecule has 0 spiro atoms. The Hall–Kier alpha value is -1.78. The van der Waals surface area contributed by atoms with Gasteiger partial charge in [-0.25, -0.2) is 0 Å². The third-order valence-electron chi connectivity index (χ3n) is 5.05. The summed E-state index contributed by atoms with van der Waals surface area (Å²) in [5.41, 5.74) is 3.14. The number of rotatable bonds is 5. The molecule has 4 heteroatoms. The van der Waals surface area contributed by atoms with Crippen molar-refractivity contribution in [2.24, 2.45) is 0 Å².